The number of nitrogens with one attached hydrogen (secondary N) is 1. The van der Waals surface area contributed by atoms with Gasteiger partial charge in [0.05, 0.1) is 6.61 Å². The van der Waals surface area contributed by atoms with Gasteiger partial charge in [-0.05, 0) is 38.0 Å². The van der Waals surface area contributed by atoms with Gasteiger partial charge in [0.25, 0.3) is 0 Å². The molecule has 2 aromatic rings. The number of hydrogen-bond donors (Lipinski definition) is 2. The summed E-state index contributed by atoms with van der Waals surface area (Å²) in [6.45, 7) is 4.94. The van der Waals surface area contributed by atoms with Crippen LogP contribution in [0.1, 0.15) is 45.4 Å². The zero-order valence-electron chi connectivity index (χ0n) is 14.8. The molecule has 8 nitrogen and oxygen atoms in total. The highest BCUT2D eigenvalue weighted by Gasteiger charge is 2.16. The molecule has 25 heavy (non-hydrogen) atoms. The first kappa shape index (κ1) is 17.7. The fourth-order valence-electron chi connectivity index (χ4n) is 3.18. The van der Waals surface area contributed by atoms with Gasteiger partial charge in [-0.15, -0.1) is 0 Å². The number of H-pyrrole nitrogens is 1. The largest absolute Gasteiger partial charge is 0.463 e. The first-order valence-electron chi connectivity index (χ1n) is 9.15. The number of rotatable bonds is 8. The quantitative estimate of drug-likeness (QED) is 0.707. The first-order chi connectivity index (χ1) is 12.2. The topological polar surface area (TPSA) is 108 Å². The van der Waals surface area contributed by atoms with Gasteiger partial charge in [0.1, 0.15) is 5.52 Å². The van der Waals surface area contributed by atoms with Gasteiger partial charge in [-0.25, -0.2) is 4.79 Å². The number of aryl methyl sites for hydroxylation is 1. The lowest BCUT2D eigenvalue weighted by molar-refractivity contribution is 0.0629. The molecular formula is C17H27N5O3. The van der Waals surface area contributed by atoms with Gasteiger partial charge in [0.2, 0.25) is 0 Å². The Bertz CT molecular complexity index is 749. The highest BCUT2D eigenvalue weighted by Crippen LogP contribution is 2.22. The Morgan fingerprint density at radius 3 is 2.88 bits per heavy atom. The summed E-state index contributed by atoms with van der Waals surface area (Å²) in [5, 5.41) is 0. The second kappa shape index (κ2) is 8.33. The number of anilines is 1. The van der Waals surface area contributed by atoms with Crippen LogP contribution in [0.2, 0.25) is 0 Å². The molecule has 8 heteroatoms. The van der Waals surface area contributed by atoms with Crippen molar-refractivity contribution in [2.24, 2.45) is 5.92 Å². The van der Waals surface area contributed by atoms with E-state index in [4.69, 9.17) is 15.2 Å². The van der Waals surface area contributed by atoms with E-state index < -0.39 is 0 Å². The summed E-state index contributed by atoms with van der Waals surface area (Å²) in [7, 11) is 0. The number of imidazole rings is 1. The lowest BCUT2D eigenvalue weighted by Crippen LogP contribution is -2.19. The van der Waals surface area contributed by atoms with Crippen LogP contribution >= 0.6 is 0 Å². The third-order valence-electron chi connectivity index (χ3n) is 4.69. The smallest absolute Gasteiger partial charge is 0.327 e. The monoisotopic (exact) mass is 349 g/mol. The predicted molar refractivity (Wildman–Crippen MR) is 95.7 cm³/mol. The number of ether oxygens (including phenoxy) is 2. The average Bonchev–Trinajstić information content (AvgIpc) is 2.93. The molecule has 2 aromatic heterocycles. The van der Waals surface area contributed by atoms with Crippen LogP contribution in [0.5, 0.6) is 6.01 Å². The van der Waals surface area contributed by atoms with Crippen LogP contribution in [-0.4, -0.2) is 39.3 Å². The van der Waals surface area contributed by atoms with Crippen molar-refractivity contribution in [3.05, 3.63) is 10.5 Å². The SMILES string of the molecule is CCCCOc1nc(N)c2[nH]c(=O)n(CCCC3CCOCC3)c2n1. The van der Waals surface area contributed by atoms with E-state index in [0.29, 0.717) is 30.2 Å². The lowest BCUT2D eigenvalue weighted by Gasteiger charge is -2.21. The van der Waals surface area contributed by atoms with E-state index in [1.54, 1.807) is 4.57 Å². The molecule has 0 spiro atoms. The van der Waals surface area contributed by atoms with Crippen molar-refractivity contribution in [2.45, 2.75) is 52.0 Å². The predicted octanol–water partition coefficient (Wildman–Crippen LogP) is 2.09. The molecular weight excluding hydrogens is 322 g/mol. The minimum absolute atomic E-state index is 0.200. The molecule has 0 amide bonds. The van der Waals surface area contributed by atoms with Crippen molar-refractivity contribution >= 4 is 17.0 Å². The Hall–Kier alpha value is -2.09. The molecule has 0 bridgehead atoms. The van der Waals surface area contributed by atoms with Crippen molar-refractivity contribution in [2.75, 3.05) is 25.6 Å². The van der Waals surface area contributed by atoms with Crippen LogP contribution in [0.4, 0.5) is 5.82 Å². The van der Waals surface area contributed by atoms with Crippen LogP contribution < -0.4 is 16.2 Å². The molecule has 0 radical (unpaired) electrons. The number of hydrogen-bond acceptors (Lipinski definition) is 6. The van der Waals surface area contributed by atoms with E-state index in [1.807, 2.05) is 0 Å². The minimum atomic E-state index is -0.200. The molecule has 1 aliphatic heterocycles. The number of nitrogens with zero attached hydrogens (tertiary/aromatic N) is 3. The minimum Gasteiger partial charge on any atom is -0.463 e. The Labute approximate surface area is 146 Å². The van der Waals surface area contributed by atoms with Crippen molar-refractivity contribution in [1.82, 2.24) is 19.5 Å². The summed E-state index contributed by atoms with van der Waals surface area (Å²) in [4.78, 5) is 23.5. The molecule has 0 atom stereocenters. The molecule has 1 fully saturated rings. The van der Waals surface area contributed by atoms with Crippen molar-refractivity contribution in [1.29, 1.82) is 0 Å². The summed E-state index contributed by atoms with van der Waals surface area (Å²) in [5.41, 5.74) is 6.77. The second-order valence-corrected chi connectivity index (χ2v) is 6.57. The maximum absolute atomic E-state index is 12.3. The van der Waals surface area contributed by atoms with Crippen LogP contribution in [-0.2, 0) is 11.3 Å². The van der Waals surface area contributed by atoms with Gasteiger partial charge in [0, 0.05) is 19.8 Å². The van der Waals surface area contributed by atoms with Crippen molar-refractivity contribution in [3.8, 4) is 6.01 Å². The number of aromatic amines is 1. The normalized spacial score (nSPS) is 15.7. The van der Waals surface area contributed by atoms with Gasteiger partial charge in [-0.2, -0.15) is 9.97 Å². The van der Waals surface area contributed by atoms with E-state index in [9.17, 15) is 4.79 Å². The van der Waals surface area contributed by atoms with Crippen molar-refractivity contribution in [3.63, 3.8) is 0 Å². The maximum Gasteiger partial charge on any atom is 0.327 e. The number of nitrogens with two attached hydrogens (primary N) is 1. The number of nitrogen functional groups attached to an aromatic ring is 1. The molecule has 1 aliphatic rings. The van der Waals surface area contributed by atoms with E-state index in [-0.39, 0.29) is 17.5 Å². The third kappa shape index (κ3) is 4.31. The van der Waals surface area contributed by atoms with Crippen LogP contribution in [0.15, 0.2) is 4.79 Å². The molecule has 3 heterocycles. The number of fused-ring (bicyclic) bond motifs is 1. The number of aromatic nitrogens is 4. The molecule has 0 aliphatic carbocycles. The standard InChI is InChI=1S/C17H27N5O3/c1-2-3-9-25-16-20-14(18)13-15(21-16)22(17(23)19-13)8-4-5-12-6-10-24-11-7-12/h12H,2-11H2,1H3,(H,19,23)(H2,18,20,21). The summed E-state index contributed by atoms with van der Waals surface area (Å²) in [6, 6.07) is 0.232. The van der Waals surface area contributed by atoms with Crippen molar-refractivity contribution < 1.29 is 9.47 Å². The van der Waals surface area contributed by atoms with Crippen LogP contribution in [0, 0.1) is 5.92 Å². The average molecular weight is 349 g/mol. The summed E-state index contributed by atoms with van der Waals surface area (Å²) < 4.78 is 12.6. The zero-order valence-corrected chi connectivity index (χ0v) is 14.8. The van der Waals surface area contributed by atoms with Gasteiger partial charge in [-0.1, -0.05) is 13.3 Å². The maximum atomic E-state index is 12.3. The molecule has 1 saturated heterocycles. The van der Waals surface area contributed by atoms with Gasteiger partial charge in [0.15, 0.2) is 11.5 Å². The van der Waals surface area contributed by atoms with Gasteiger partial charge < -0.3 is 20.2 Å². The Morgan fingerprint density at radius 2 is 2.12 bits per heavy atom. The Morgan fingerprint density at radius 1 is 1.32 bits per heavy atom. The van der Waals surface area contributed by atoms with E-state index in [2.05, 4.69) is 21.9 Å². The summed E-state index contributed by atoms with van der Waals surface area (Å²) >= 11 is 0. The molecule has 138 valence electrons. The number of unbranched alkanes of at least 4 members (excludes halogenated alkanes) is 1. The van der Waals surface area contributed by atoms with Crippen LogP contribution in [0.3, 0.4) is 0 Å². The highest BCUT2D eigenvalue weighted by atomic mass is 16.5. The molecule has 0 aromatic carbocycles. The van der Waals surface area contributed by atoms with Gasteiger partial charge >= 0.3 is 11.7 Å². The fraction of sp³-hybridized carbons (Fsp3) is 0.706. The summed E-state index contributed by atoms with van der Waals surface area (Å²) in [5.74, 6) is 0.930. The zero-order chi connectivity index (χ0) is 17.6. The highest BCUT2D eigenvalue weighted by molar-refractivity contribution is 5.81. The third-order valence-corrected chi connectivity index (χ3v) is 4.69. The first-order valence-corrected chi connectivity index (χ1v) is 9.15. The second-order valence-electron chi connectivity index (χ2n) is 6.57. The Balaban J connectivity index is 1.72. The lowest BCUT2D eigenvalue weighted by atomic mass is 9.95. The van der Waals surface area contributed by atoms with E-state index in [1.165, 1.54) is 0 Å². The molecule has 3 N–H and O–H groups in total. The van der Waals surface area contributed by atoms with Crippen LogP contribution in [0.25, 0.3) is 11.2 Å². The van der Waals surface area contributed by atoms with E-state index in [0.717, 1.165) is 51.7 Å². The fourth-order valence-corrected chi connectivity index (χ4v) is 3.18. The molecule has 0 saturated carbocycles. The Kier molecular flexibility index (Phi) is 5.91. The molecule has 0 unspecified atom stereocenters. The van der Waals surface area contributed by atoms with E-state index >= 15 is 0 Å². The molecule has 3 rings (SSSR count). The van der Waals surface area contributed by atoms with Gasteiger partial charge in [-0.3, -0.25) is 4.57 Å². The summed E-state index contributed by atoms with van der Waals surface area (Å²) in [6.07, 6.45) is 6.17.